The number of unbranched alkanes of at least 4 members (excludes halogenated alkanes) is 5. The smallest absolute Gasteiger partial charge is 0.306 e. The number of carbonyl (C=O) groups excluding carboxylic acids is 2. The van der Waals surface area contributed by atoms with Gasteiger partial charge < -0.3 is 14.6 Å². The van der Waals surface area contributed by atoms with Gasteiger partial charge in [0.15, 0.2) is 6.10 Å². The maximum Gasteiger partial charge on any atom is 0.306 e. The summed E-state index contributed by atoms with van der Waals surface area (Å²) < 4.78 is 10.5. The van der Waals surface area contributed by atoms with Gasteiger partial charge in [-0.15, -0.1) is 0 Å². The molecule has 0 unspecified atom stereocenters. The second-order valence-corrected chi connectivity index (χ2v) is 11.5. The highest BCUT2D eigenvalue weighted by Gasteiger charge is 2.15. The maximum absolute atomic E-state index is 12.1. The lowest BCUT2D eigenvalue weighted by molar-refractivity contribution is -0.161. The van der Waals surface area contributed by atoms with E-state index in [-0.39, 0.29) is 25.6 Å². The molecule has 0 aliphatic carbocycles. The molecule has 0 amide bonds. The summed E-state index contributed by atoms with van der Waals surface area (Å²) in [5.74, 6) is -0.723. The normalized spacial score (nSPS) is 13.5. The van der Waals surface area contributed by atoms with Crippen LogP contribution in [0, 0.1) is 0 Å². The summed E-state index contributed by atoms with van der Waals surface area (Å²) in [5.41, 5.74) is 0. The first-order valence-corrected chi connectivity index (χ1v) is 18.4. The highest BCUT2D eigenvalue weighted by molar-refractivity contribution is 5.70. The van der Waals surface area contributed by atoms with Crippen LogP contribution in [0.4, 0.5) is 0 Å². The highest BCUT2D eigenvalue weighted by Crippen LogP contribution is 2.09. The van der Waals surface area contributed by atoms with Crippen molar-refractivity contribution in [2.24, 2.45) is 0 Å². The molecule has 5 nitrogen and oxygen atoms in total. The van der Waals surface area contributed by atoms with Gasteiger partial charge in [-0.25, -0.2) is 0 Å². The minimum absolute atomic E-state index is 0.113. The van der Waals surface area contributed by atoms with Crippen LogP contribution in [0.2, 0.25) is 0 Å². The topological polar surface area (TPSA) is 72.8 Å². The van der Waals surface area contributed by atoms with E-state index in [1.54, 1.807) is 0 Å². The van der Waals surface area contributed by atoms with Crippen molar-refractivity contribution >= 4 is 11.9 Å². The van der Waals surface area contributed by atoms with Crippen LogP contribution in [0.5, 0.6) is 0 Å². The Labute approximate surface area is 293 Å². The van der Waals surface area contributed by atoms with Gasteiger partial charge in [0.05, 0.1) is 6.61 Å². The van der Waals surface area contributed by atoms with Gasteiger partial charge >= 0.3 is 11.9 Å². The van der Waals surface area contributed by atoms with Crippen LogP contribution in [0.25, 0.3) is 0 Å². The maximum atomic E-state index is 12.1. The zero-order valence-corrected chi connectivity index (χ0v) is 30.2. The van der Waals surface area contributed by atoms with Crippen molar-refractivity contribution in [3.05, 3.63) is 109 Å². The molecule has 0 aromatic heterocycles. The van der Waals surface area contributed by atoms with E-state index in [0.717, 1.165) is 96.3 Å². The van der Waals surface area contributed by atoms with Gasteiger partial charge in [0.1, 0.15) is 6.61 Å². The lowest BCUT2D eigenvalue weighted by atomic mass is 10.1. The summed E-state index contributed by atoms with van der Waals surface area (Å²) in [6.45, 7) is 3.80. The van der Waals surface area contributed by atoms with Crippen LogP contribution in [0.15, 0.2) is 109 Å². The van der Waals surface area contributed by atoms with Crippen molar-refractivity contribution in [2.75, 3.05) is 13.2 Å². The Kier molecular flexibility index (Phi) is 35.3. The number of esters is 2. The van der Waals surface area contributed by atoms with Crippen molar-refractivity contribution in [1.29, 1.82) is 0 Å². The third-order valence-corrected chi connectivity index (χ3v) is 7.08. The molecular formula is C43H66O5. The summed E-state index contributed by atoms with van der Waals surface area (Å²) in [6, 6.07) is 0. The molecule has 0 aliphatic rings. The second kappa shape index (κ2) is 38.0. The predicted octanol–water partition coefficient (Wildman–Crippen LogP) is 11.5. The molecule has 0 heterocycles. The lowest BCUT2D eigenvalue weighted by Gasteiger charge is -2.15. The average molecular weight is 663 g/mol. The number of allylic oxidation sites excluding steroid dienone is 18. The van der Waals surface area contributed by atoms with Gasteiger partial charge in [0.25, 0.3) is 0 Å². The van der Waals surface area contributed by atoms with E-state index in [1.165, 1.54) is 0 Å². The molecule has 0 bridgehead atoms. The fourth-order valence-corrected chi connectivity index (χ4v) is 4.36. The van der Waals surface area contributed by atoms with Crippen LogP contribution >= 0.6 is 0 Å². The number of hydrogen-bond acceptors (Lipinski definition) is 5. The predicted molar refractivity (Wildman–Crippen MR) is 205 cm³/mol. The molecule has 1 atom stereocenters. The first kappa shape index (κ1) is 44.6. The summed E-state index contributed by atoms with van der Waals surface area (Å²) >= 11 is 0. The van der Waals surface area contributed by atoms with Crippen LogP contribution in [0.3, 0.4) is 0 Å². The minimum Gasteiger partial charge on any atom is -0.462 e. The Morgan fingerprint density at radius 1 is 0.479 bits per heavy atom. The van der Waals surface area contributed by atoms with Gasteiger partial charge in [-0.2, -0.15) is 0 Å². The Morgan fingerprint density at radius 2 is 0.875 bits per heavy atom. The molecule has 0 aromatic rings. The van der Waals surface area contributed by atoms with E-state index in [1.807, 2.05) is 12.2 Å². The summed E-state index contributed by atoms with van der Waals surface area (Å²) in [7, 11) is 0. The molecule has 268 valence electrons. The molecule has 0 rings (SSSR count). The Balaban J connectivity index is 3.78. The van der Waals surface area contributed by atoms with Gasteiger partial charge in [-0.05, 0) is 83.5 Å². The second-order valence-electron chi connectivity index (χ2n) is 11.5. The molecule has 0 aliphatic heterocycles. The van der Waals surface area contributed by atoms with Crippen LogP contribution in [-0.4, -0.2) is 36.4 Å². The highest BCUT2D eigenvalue weighted by atomic mass is 16.6. The monoisotopic (exact) mass is 662 g/mol. The lowest BCUT2D eigenvalue weighted by Crippen LogP contribution is -2.28. The number of ether oxygens (including phenoxy) is 2. The third kappa shape index (κ3) is 35.4. The largest absolute Gasteiger partial charge is 0.462 e. The Hall–Kier alpha value is -3.44. The molecule has 0 saturated heterocycles. The first-order chi connectivity index (χ1) is 23.6. The SMILES string of the molecule is CC/C=C\C/C=C\C/C=C\C/C=C\C/C=C\C/C=C\CCC(=O)O[C@@H](CO)COC(=O)CCCCCCC/C=C\C/C=C\C/C=C\CC. The molecule has 0 saturated carbocycles. The Morgan fingerprint density at radius 3 is 1.33 bits per heavy atom. The van der Waals surface area contributed by atoms with E-state index in [0.29, 0.717) is 12.8 Å². The van der Waals surface area contributed by atoms with E-state index in [9.17, 15) is 14.7 Å². The molecule has 0 fully saturated rings. The molecule has 5 heteroatoms. The zero-order chi connectivity index (χ0) is 35.0. The zero-order valence-electron chi connectivity index (χ0n) is 30.2. The van der Waals surface area contributed by atoms with E-state index < -0.39 is 12.1 Å². The van der Waals surface area contributed by atoms with Crippen molar-refractivity contribution in [2.45, 2.75) is 136 Å². The van der Waals surface area contributed by atoms with Gasteiger partial charge in [0, 0.05) is 12.8 Å². The van der Waals surface area contributed by atoms with Crippen molar-refractivity contribution in [3.63, 3.8) is 0 Å². The standard InChI is InChI=1S/C43H66O5/c1-3-5-7-9-11-13-15-17-19-20-21-22-24-26-28-30-32-34-36-38-43(46)48-41(39-44)40-47-42(45)37-35-33-31-29-27-25-23-18-16-14-12-10-8-6-4-2/h5-8,11-14,17-19,21-23,26,28,32,34,41,44H,3-4,9-10,15-16,20,24-25,27,29-31,33,35-40H2,1-2H3/b7-5-,8-6-,13-11-,14-12-,19-17-,22-21-,23-18-,28-26-,34-32-/t41-/m0/s1. The molecular weight excluding hydrogens is 596 g/mol. The van der Waals surface area contributed by atoms with Gasteiger partial charge in [-0.1, -0.05) is 142 Å². The number of rotatable bonds is 31. The number of aliphatic hydroxyl groups is 1. The summed E-state index contributed by atoms with van der Waals surface area (Å²) in [5, 5.41) is 9.53. The number of carbonyl (C=O) groups is 2. The number of hydrogen-bond donors (Lipinski definition) is 1. The Bertz CT molecular complexity index is 1020. The van der Waals surface area contributed by atoms with Crippen molar-refractivity contribution in [1.82, 2.24) is 0 Å². The van der Waals surface area contributed by atoms with Crippen molar-refractivity contribution < 1.29 is 24.2 Å². The van der Waals surface area contributed by atoms with E-state index >= 15 is 0 Å². The average Bonchev–Trinajstić information content (AvgIpc) is 3.09. The first-order valence-electron chi connectivity index (χ1n) is 18.4. The molecule has 0 spiro atoms. The summed E-state index contributed by atoms with van der Waals surface area (Å²) in [4.78, 5) is 24.2. The fourth-order valence-electron chi connectivity index (χ4n) is 4.36. The minimum atomic E-state index is -0.826. The van der Waals surface area contributed by atoms with Crippen LogP contribution in [-0.2, 0) is 19.1 Å². The molecule has 0 aromatic carbocycles. The van der Waals surface area contributed by atoms with E-state index in [2.05, 4.69) is 111 Å². The van der Waals surface area contributed by atoms with Gasteiger partial charge in [0.2, 0.25) is 0 Å². The third-order valence-electron chi connectivity index (χ3n) is 7.08. The van der Waals surface area contributed by atoms with Crippen LogP contribution < -0.4 is 0 Å². The molecule has 0 radical (unpaired) electrons. The quantitative estimate of drug-likeness (QED) is 0.0454. The van der Waals surface area contributed by atoms with Gasteiger partial charge in [-0.3, -0.25) is 9.59 Å². The molecule has 48 heavy (non-hydrogen) atoms. The van der Waals surface area contributed by atoms with Crippen molar-refractivity contribution in [3.8, 4) is 0 Å². The van der Waals surface area contributed by atoms with E-state index in [4.69, 9.17) is 9.47 Å². The summed E-state index contributed by atoms with van der Waals surface area (Å²) in [6.07, 6.45) is 54.4. The number of aliphatic hydroxyl groups excluding tert-OH is 1. The molecule has 1 N–H and O–H groups in total. The fraction of sp³-hybridized carbons (Fsp3) is 0.535. The van der Waals surface area contributed by atoms with Crippen LogP contribution in [0.1, 0.15) is 129 Å².